The second kappa shape index (κ2) is 10.5. The molecule has 0 aliphatic rings. The second-order valence-electron chi connectivity index (χ2n) is 6.66. The van der Waals surface area contributed by atoms with E-state index in [0.717, 1.165) is 0 Å². The van der Waals surface area contributed by atoms with E-state index in [9.17, 15) is 19.7 Å². The van der Waals surface area contributed by atoms with Gasteiger partial charge in [0, 0.05) is 37.6 Å². The summed E-state index contributed by atoms with van der Waals surface area (Å²) in [6, 6.07) is 12.9. The molecule has 10 nitrogen and oxygen atoms in total. The number of ketones is 1. The summed E-state index contributed by atoms with van der Waals surface area (Å²) < 4.78 is 7.25. The van der Waals surface area contributed by atoms with Crippen molar-refractivity contribution >= 4 is 29.1 Å². The fourth-order valence-corrected chi connectivity index (χ4v) is 3.83. The summed E-state index contributed by atoms with van der Waals surface area (Å²) in [5.41, 5.74) is 0.808. The molecule has 3 rings (SSSR count). The van der Waals surface area contributed by atoms with Gasteiger partial charge in [-0.25, -0.2) is 0 Å². The molecule has 2 aromatic carbocycles. The van der Waals surface area contributed by atoms with E-state index in [4.69, 9.17) is 4.74 Å². The van der Waals surface area contributed by atoms with Gasteiger partial charge in [0.1, 0.15) is 11.6 Å². The minimum atomic E-state index is -0.538. The van der Waals surface area contributed by atoms with E-state index < -0.39 is 4.92 Å². The number of benzene rings is 2. The predicted molar refractivity (Wildman–Crippen MR) is 118 cm³/mol. The zero-order valence-electron chi connectivity index (χ0n) is 17.5. The van der Waals surface area contributed by atoms with E-state index in [2.05, 4.69) is 15.5 Å². The number of nitrogens with zero attached hydrogens (tertiary/aromatic N) is 4. The molecule has 32 heavy (non-hydrogen) atoms. The fourth-order valence-electron chi connectivity index (χ4n) is 2.97. The third kappa shape index (κ3) is 5.49. The minimum Gasteiger partial charge on any atom is -0.495 e. The van der Waals surface area contributed by atoms with Crippen molar-refractivity contribution in [2.45, 2.75) is 18.5 Å². The highest BCUT2D eigenvalue weighted by molar-refractivity contribution is 7.99. The number of nitro groups is 1. The first-order valence-electron chi connectivity index (χ1n) is 9.63. The van der Waals surface area contributed by atoms with Gasteiger partial charge in [-0.2, -0.15) is 0 Å². The molecule has 1 amide bonds. The van der Waals surface area contributed by atoms with Crippen LogP contribution in [0.15, 0.2) is 53.7 Å². The maximum absolute atomic E-state index is 12.6. The van der Waals surface area contributed by atoms with Gasteiger partial charge < -0.3 is 10.1 Å². The topological polar surface area (TPSA) is 129 Å². The lowest BCUT2D eigenvalue weighted by Gasteiger charge is -2.13. The second-order valence-corrected chi connectivity index (χ2v) is 7.60. The summed E-state index contributed by atoms with van der Waals surface area (Å²) >= 11 is 1.17. The molecule has 0 saturated carbocycles. The summed E-state index contributed by atoms with van der Waals surface area (Å²) in [4.78, 5) is 34.3. The van der Waals surface area contributed by atoms with Gasteiger partial charge in [-0.15, -0.1) is 10.2 Å². The molecule has 1 aromatic heterocycles. The molecule has 0 atom stereocenters. The van der Waals surface area contributed by atoms with Crippen molar-refractivity contribution in [2.24, 2.45) is 0 Å². The van der Waals surface area contributed by atoms with Crippen LogP contribution in [0, 0.1) is 10.1 Å². The van der Waals surface area contributed by atoms with Crippen LogP contribution >= 0.6 is 11.8 Å². The highest BCUT2D eigenvalue weighted by Crippen LogP contribution is 2.29. The van der Waals surface area contributed by atoms with E-state index in [1.807, 2.05) is 18.2 Å². The van der Waals surface area contributed by atoms with Crippen LogP contribution in [0.2, 0.25) is 0 Å². The number of nitro benzene ring substituents is 1. The molecule has 1 N–H and O–H groups in total. The Bertz CT molecular complexity index is 1150. The van der Waals surface area contributed by atoms with Crippen LogP contribution in [0.3, 0.4) is 0 Å². The Labute approximate surface area is 188 Å². The van der Waals surface area contributed by atoms with Gasteiger partial charge >= 0.3 is 0 Å². The van der Waals surface area contributed by atoms with Gasteiger partial charge in [-0.3, -0.25) is 24.3 Å². The number of thioether (sulfide) groups is 1. The first-order valence-corrected chi connectivity index (χ1v) is 10.6. The lowest BCUT2D eigenvalue weighted by atomic mass is 10.1. The molecule has 1 heterocycles. The van der Waals surface area contributed by atoms with E-state index in [-0.39, 0.29) is 28.7 Å². The van der Waals surface area contributed by atoms with Crippen LogP contribution in [-0.2, 0) is 11.2 Å². The van der Waals surface area contributed by atoms with Crippen molar-refractivity contribution < 1.29 is 19.2 Å². The van der Waals surface area contributed by atoms with Gasteiger partial charge in [-0.05, 0) is 12.1 Å². The minimum absolute atomic E-state index is 0.0140. The predicted octanol–water partition coefficient (Wildman–Crippen LogP) is 2.84. The summed E-state index contributed by atoms with van der Waals surface area (Å²) in [5.74, 6) is 0.784. The lowest BCUT2D eigenvalue weighted by molar-refractivity contribution is -0.384. The molecule has 11 heteroatoms. The van der Waals surface area contributed by atoms with Crippen molar-refractivity contribution in [3.8, 4) is 11.4 Å². The molecule has 0 fully saturated rings. The highest BCUT2D eigenvalue weighted by Gasteiger charge is 2.19. The van der Waals surface area contributed by atoms with Gasteiger partial charge in [-0.1, -0.05) is 36.0 Å². The third-order valence-corrected chi connectivity index (χ3v) is 5.39. The normalized spacial score (nSPS) is 10.6. The number of methoxy groups -OCH3 is 1. The van der Waals surface area contributed by atoms with E-state index in [1.54, 1.807) is 23.8 Å². The number of hydrogen-bond donors (Lipinski definition) is 1. The zero-order valence-corrected chi connectivity index (χ0v) is 18.3. The van der Waals surface area contributed by atoms with E-state index in [1.165, 1.54) is 36.9 Å². The molecule has 0 saturated heterocycles. The average Bonchev–Trinajstić information content (AvgIpc) is 3.19. The van der Waals surface area contributed by atoms with Crippen molar-refractivity contribution in [1.29, 1.82) is 0 Å². The number of Topliss-reactive ketones (excluding diaryl/α,β-unsaturated/α-hetero) is 1. The molecule has 0 bridgehead atoms. The third-order valence-electron chi connectivity index (χ3n) is 4.46. The molecule has 0 unspecified atom stereocenters. The van der Waals surface area contributed by atoms with Crippen molar-refractivity contribution in [2.75, 3.05) is 19.4 Å². The summed E-state index contributed by atoms with van der Waals surface area (Å²) in [6.07, 6.45) is 0.421. The lowest BCUT2D eigenvalue weighted by Crippen LogP contribution is -2.23. The van der Waals surface area contributed by atoms with E-state index >= 15 is 0 Å². The van der Waals surface area contributed by atoms with Crippen LogP contribution in [0.5, 0.6) is 5.75 Å². The maximum atomic E-state index is 12.6. The van der Waals surface area contributed by atoms with Crippen LogP contribution in [-0.4, -0.2) is 50.8 Å². The molecule has 0 spiro atoms. The highest BCUT2D eigenvalue weighted by atomic mass is 32.2. The van der Waals surface area contributed by atoms with E-state index in [0.29, 0.717) is 35.4 Å². The SMILES string of the molecule is COc1ccccc1-n1c(CCNC(C)=O)nnc1SCC(=O)c1cccc([N+](=O)[O-])c1. The molecule has 0 aliphatic carbocycles. The first-order chi connectivity index (χ1) is 15.4. The molecule has 0 aliphatic heterocycles. The molecule has 0 radical (unpaired) electrons. The molecule has 166 valence electrons. The zero-order chi connectivity index (χ0) is 23.1. The largest absolute Gasteiger partial charge is 0.495 e. The number of rotatable bonds is 10. The van der Waals surface area contributed by atoms with Crippen molar-refractivity contribution in [1.82, 2.24) is 20.1 Å². The number of ether oxygens (including phenoxy) is 1. The Kier molecular flexibility index (Phi) is 7.55. The van der Waals surface area contributed by atoms with Crippen LogP contribution in [0.1, 0.15) is 23.1 Å². The number of carbonyl (C=O) groups is 2. The number of para-hydroxylation sites is 2. The summed E-state index contributed by atoms with van der Waals surface area (Å²) in [7, 11) is 1.55. The Morgan fingerprint density at radius 2 is 1.97 bits per heavy atom. The Balaban J connectivity index is 1.86. The summed E-state index contributed by atoms with van der Waals surface area (Å²) in [5, 5.41) is 22.6. The monoisotopic (exact) mass is 455 g/mol. The quantitative estimate of drug-likeness (QED) is 0.214. The van der Waals surface area contributed by atoms with Crippen LogP contribution < -0.4 is 10.1 Å². The van der Waals surface area contributed by atoms with Crippen LogP contribution in [0.4, 0.5) is 5.69 Å². The Morgan fingerprint density at radius 1 is 1.19 bits per heavy atom. The standard InChI is InChI=1S/C21H21N5O5S/c1-14(27)22-11-10-20-23-24-21(25(20)17-8-3-4-9-19(17)31-2)32-13-18(28)15-6-5-7-16(12-15)26(29)30/h3-9,12H,10-11,13H2,1-2H3,(H,22,27). The number of aromatic nitrogens is 3. The van der Waals surface area contributed by atoms with Crippen LogP contribution in [0.25, 0.3) is 5.69 Å². The number of carbonyl (C=O) groups excluding carboxylic acids is 2. The number of amides is 1. The fraction of sp³-hybridized carbons (Fsp3) is 0.238. The number of nitrogens with one attached hydrogen (secondary N) is 1. The maximum Gasteiger partial charge on any atom is 0.270 e. The average molecular weight is 455 g/mol. The van der Waals surface area contributed by atoms with Gasteiger partial charge in [0.2, 0.25) is 5.91 Å². The molecular formula is C21H21N5O5S. The molecule has 3 aromatic rings. The first kappa shape index (κ1) is 22.9. The number of hydrogen-bond acceptors (Lipinski definition) is 8. The number of non-ortho nitro benzene ring substituents is 1. The van der Waals surface area contributed by atoms with Crippen molar-refractivity contribution in [3.05, 3.63) is 70.0 Å². The van der Waals surface area contributed by atoms with Gasteiger partial charge in [0.15, 0.2) is 10.9 Å². The van der Waals surface area contributed by atoms with Gasteiger partial charge in [0.05, 0.1) is 23.5 Å². The Morgan fingerprint density at radius 3 is 2.69 bits per heavy atom. The Hall–Kier alpha value is -3.73. The molecular weight excluding hydrogens is 434 g/mol. The van der Waals surface area contributed by atoms with Crippen molar-refractivity contribution in [3.63, 3.8) is 0 Å². The smallest absolute Gasteiger partial charge is 0.270 e. The summed E-state index contributed by atoms with van der Waals surface area (Å²) in [6.45, 7) is 1.81. The van der Waals surface area contributed by atoms with Gasteiger partial charge in [0.25, 0.3) is 5.69 Å².